The number of benzene rings is 3. The maximum absolute atomic E-state index is 12.5. The molecule has 3 aromatic rings. The van der Waals surface area contributed by atoms with E-state index in [1.54, 1.807) is 60.7 Å². The number of rotatable bonds is 4. The van der Waals surface area contributed by atoms with Crippen LogP contribution in [0.2, 0.25) is 0 Å². The number of anilines is 3. The van der Waals surface area contributed by atoms with Gasteiger partial charge in [-0.3, -0.25) is 9.59 Å². The Morgan fingerprint density at radius 2 is 1.32 bits per heavy atom. The summed E-state index contributed by atoms with van der Waals surface area (Å²) in [6.07, 6.45) is 0. The molecule has 124 valence electrons. The maximum atomic E-state index is 12.5. The summed E-state index contributed by atoms with van der Waals surface area (Å²) in [4.78, 5) is 24.9. The first-order chi connectivity index (χ1) is 12.1. The first-order valence-electron chi connectivity index (χ1n) is 7.76. The van der Waals surface area contributed by atoms with Crippen LogP contribution in [0.5, 0.6) is 0 Å². The van der Waals surface area contributed by atoms with Gasteiger partial charge in [0.05, 0.1) is 11.3 Å². The van der Waals surface area contributed by atoms with Gasteiger partial charge in [-0.15, -0.1) is 0 Å². The van der Waals surface area contributed by atoms with Crippen molar-refractivity contribution in [3.8, 4) is 0 Å². The lowest BCUT2D eigenvalue weighted by atomic mass is 10.1. The topological polar surface area (TPSA) is 84.2 Å². The molecule has 0 bridgehead atoms. The zero-order chi connectivity index (χ0) is 17.6. The van der Waals surface area contributed by atoms with E-state index in [4.69, 9.17) is 5.73 Å². The molecule has 0 aliphatic rings. The monoisotopic (exact) mass is 331 g/mol. The summed E-state index contributed by atoms with van der Waals surface area (Å²) in [7, 11) is 0. The highest BCUT2D eigenvalue weighted by molar-refractivity contribution is 6.12. The van der Waals surface area contributed by atoms with Crippen LogP contribution >= 0.6 is 0 Å². The van der Waals surface area contributed by atoms with Crippen molar-refractivity contribution >= 4 is 28.9 Å². The van der Waals surface area contributed by atoms with Crippen LogP contribution in [-0.2, 0) is 0 Å². The minimum atomic E-state index is -0.306. The fourth-order valence-corrected chi connectivity index (χ4v) is 2.34. The molecule has 0 saturated carbocycles. The molecular weight excluding hydrogens is 314 g/mol. The lowest BCUT2D eigenvalue weighted by Crippen LogP contribution is -2.18. The highest BCUT2D eigenvalue weighted by Gasteiger charge is 2.14. The molecule has 0 atom stereocenters. The molecule has 25 heavy (non-hydrogen) atoms. The summed E-state index contributed by atoms with van der Waals surface area (Å²) in [5.74, 6) is -0.598. The third kappa shape index (κ3) is 4.03. The van der Waals surface area contributed by atoms with Crippen LogP contribution in [0.15, 0.2) is 78.9 Å². The highest BCUT2D eigenvalue weighted by Crippen LogP contribution is 2.18. The van der Waals surface area contributed by atoms with Gasteiger partial charge in [0.2, 0.25) is 0 Å². The molecule has 0 saturated heterocycles. The van der Waals surface area contributed by atoms with Crippen molar-refractivity contribution in [2.45, 2.75) is 0 Å². The second-order valence-electron chi connectivity index (χ2n) is 5.44. The summed E-state index contributed by atoms with van der Waals surface area (Å²) in [6.45, 7) is 0. The second-order valence-corrected chi connectivity index (χ2v) is 5.44. The van der Waals surface area contributed by atoms with Gasteiger partial charge >= 0.3 is 0 Å². The summed E-state index contributed by atoms with van der Waals surface area (Å²) in [5.41, 5.74) is 8.19. The van der Waals surface area contributed by atoms with Crippen molar-refractivity contribution < 1.29 is 9.59 Å². The van der Waals surface area contributed by atoms with E-state index in [0.29, 0.717) is 28.2 Å². The SMILES string of the molecule is Nc1ccc(C(=O)Nc2ccccc2C(=O)Nc2ccccc2)cc1. The lowest BCUT2D eigenvalue weighted by molar-refractivity contribution is 0.102. The number of hydrogen-bond donors (Lipinski definition) is 3. The first-order valence-corrected chi connectivity index (χ1v) is 7.76. The molecule has 2 amide bonds. The smallest absolute Gasteiger partial charge is 0.257 e. The number of nitrogens with two attached hydrogens (primary N) is 1. The van der Waals surface area contributed by atoms with Crippen LogP contribution in [0, 0.1) is 0 Å². The Labute approximate surface area is 145 Å². The van der Waals surface area contributed by atoms with E-state index < -0.39 is 0 Å². The Hall–Kier alpha value is -3.60. The Bertz CT molecular complexity index is 890. The maximum Gasteiger partial charge on any atom is 0.257 e. The second kappa shape index (κ2) is 7.31. The predicted octanol–water partition coefficient (Wildman–Crippen LogP) is 3.77. The lowest BCUT2D eigenvalue weighted by Gasteiger charge is -2.11. The molecule has 5 nitrogen and oxygen atoms in total. The van der Waals surface area contributed by atoms with Crippen molar-refractivity contribution in [1.29, 1.82) is 0 Å². The number of carbonyl (C=O) groups is 2. The number of nitrogens with one attached hydrogen (secondary N) is 2. The molecule has 4 N–H and O–H groups in total. The van der Waals surface area contributed by atoms with Gasteiger partial charge in [0.1, 0.15) is 0 Å². The van der Waals surface area contributed by atoms with E-state index in [0.717, 1.165) is 0 Å². The Kier molecular flexibility index (Phi) is 4.76. The Morgan fingerprint density at radius 3 is 2.04 bits per heavy atom. The van der Waals surface area contributed by atoms with Crippen molar-refractivity contribution in [1.82, 2.24) is 0 Å². The quantitative estimate of drug-likeness (QED) is 0.636. The highest BCUT2D eigenvalue weighted by atomic mass is 16.2. The fraction of sp³-hybridized carbons (Fsp3) is 0. The van der Waals surface area contributed by atoms with Gasteiger partial charge in [0.15, 0.2) is 0 Å². The number of nitrogen functional groups attached to an aromatic ring is 1. The standard InChI is InChI=1S/C20H17N3O2/c21-15-12-10-14(11-13-15)19(24)23-18-9-5-4-8-17(18)20(25)22-16-6-2-1-3-7-16/h1-13H,21H2,(H,22,25)(H,23,24). The first kappa shape index (κ1) is 16.3. The minimum Gasteiger partial charge on any atom is -0.399 e. The molecule has 3 aromatic carbocycles. The van der Waals surface area contributed by atoms with Crippen LogP contribution < -0.4 is 16.4 Å². The van der Waals surface area contributed by atoms with Crippen molar-refractivity contribution in [2.75, 3.05) is 16.4 Å². The Balaban J connectivity index is 1.79. The largest absolute Gasteiger partial charge is 0.399 e. The van der Waals surface area contributed by atoms with E-state index in [9.17, 15) is 9.59 Å². The van der Waals surface area contributed by atoms with Crippen molar-refractivity contribution in [2.24, 2.45) is 0 Å². The molecule has 0 unspecified atom stereocenters. The average Bonchev–Trinajstić information content (AvgIpc) is 2.63. The molecule has 0 spiro atoms. The summed E-state index contributed by atoms with van der Waals surface area (Å²) < 4.78 is 0. The van der Waals surface area contributed by atoms with Gasteiger partial charge < -0.3 is 16.4 Å². The zero-order valence-electron chi connectivity index (χ0n) is 13.4. The molecule has 3 rings (SSSR count). The molecule has 0 fully saturated rings. The van der Waals surface area contributed by atoms with Crippen LogP contribution in [-0.4, -0.2) is 11.8 Å². The summed E-state index contributed by atoms with van der Waals surface area (Å²) >= 11 is 0. The van der Waals surface area contributed by atoms with Crippen molar-refractivity contribution in [3.05, 3.63) is 90.0 Å². The van der Waals surface area contributed by atoms with Gasteiger partial charge in [-0.2, -0.15) is 0 Å². The van der Waals surface area contributed by atoms with Gasteiger partial charge in [-0.25, -0.2) is 0 Å². The summed E-state index contributed by atoms with van der Waals surface area (Å²) in [5, 5.41) is 5.58. The molecular formula is C20H17N3O2. The molecule has 0 heterocycles. The van der Waals surface area contributed by atoms with Gasteiger partial charge in [0.25, 0.3) is 11.8 Å². The summed E-state index contributed by atoms with van der Waals surface area (Å²) in [6, 6.07) is 22.6. The zero-order valence-corrected chi connectivity index (χ0v) is 13.4. The molecule has 0 aliphatic heterocycles. The average molecular weight is 331 g/mol. The van der Waals surface area contributed by atoms with E-state index in [1.165, 1.54) is 0 Å². The number of amides is 2. The third-order valence-electron chi connectivity index (χ3n) is 3.62. The normalized spacial score (nSPS) is 10.1. The van der Waals surface area contributed by atoms with Crippen molar-refractivity contribution in [3.63, 3.8) is 0 Å². The predicted molar refractivity (Wildman–Crippen MR) is 99.6 cm³/mol. The third-order valence-corrected chi connectivity index (χ3v) is 3.62. The fourth-order valence-electron chi connectivity index (χ4n) is 2.34. The van der Waals surface area contributed by atoms with Crippen LogP contribution in [0.3, 0.4) is 0 Å². The molecule has 5 heteroatoms. The van der Waals surface area contributed by atoms with E-state index in [2.05, 4.69) is 10.6 Å². The van der Waals surface area contributed by atoms with Gasteiger partial charge in [-0.05, 0) is 48.5 Å². The Morgan fingerprint density at radius 1 is 0.680 bits per heavy atom. The van der Waals surface area contributed by atoms with Gasteiger partial charge in [0, 0.05) is 16.9 Å². The van der Waals surface area contributed by atoms with E-state index >= 15 is 0 Å². The van der Waals surface area contributed by atoms with E-state index in [-0.39, 0.29) is 11.8 Å². The van der Waals surface area contributed by atoms with Gasteiger partial charge in [-0.1, -0.05) is 30.3 Å². The van der Waals surface area contributed by atoms with Crippen LogP contribution in [0.4, 0.5) is 17.1 Å². The van der Waals surface area contributed by atoms with Crippen LogP contribution in [0.25, 0.3) is 0 Å². The van der Waals surface area contributed by atoms with E-state index in [1.807, 2.05) is 18.2 Å². The molecule has 0 radical (unpaired) electrons. The molecule has 0 aromatic heterocycles. The number of para-hydroxylation sites is 2. The van der Waals surface area contributed by atoms with Crippen LogP contribution in [0.1, 0.15) is 20.7 Å². The molecule has 0 aliphatic carbocycles. The number of hydrogen-bond acceptors (Lipinski definition) is 3. The minimum absolute atomic E-state index is 0.292. The number of carbonyl (C=O) groups excluding carboxylic acids is 2.